The van der Waals surface area contributed by atoms with Crippen LogP contribution in [0, 0.1) is 6.92 Å². The smallest absolute Gasteiger partial charge is 0.264 e. The highest BCUT2D eigenvalue weighted by atomic mass is 19.3. The van der Waals surface area contributed by atoms with E-state index in [1.807, 2.05) is 30.3 Å². The van der Waals surface area contributed by atoms with Crippen molar-refractivity contribution in [1.82, 2.24) is 5.32 Å². The SMILES string of the molecule is Cc1c(NC(=O)C(Cc2ccccc2)NC(=O)c2ccccc2)cccc1C(F)F. The zero-order chi connectivity index (χ0) is 21.5. The number of benzene rings is 3. The maximum atomic E-state index is 13.2. The van der Waals surface area contributed by atoms with E-state index in [2.05, 4.69) is 10.6 Å². The van der Waals surface area contributed by atoms with Crippen molar-refractivity contribution >= 4 is 17.5 Å². The van der Waals surface area contributed by atoms with Crippen molar-refractivity contribution in [3.05, 3.63) is 101 Å². The fourth-order valence-corrected chi connectivity index (χ4v) is 3.14. The van der Waals surface area contributed by atoms with E-state index in [1.165, 1.54) is 19.1 Å². The molecule has 0 fully saturated rings. The molecular formula is C24H22F2N2O2. The number of hydrogen-bond acceptors (Lipinski definition) is 2. The highest BCUT2D eigenvalue weighted by Crippen LogP contribution is 2.27. The number of carbonyl (C=O) groups is 2. The van der Waals surface area contributed by atoms with Gasteiger partial charge in [-0.15, -0.1) is 0 Å². The summed E-state index contributed by atoms with van der Waals surface area (Å²) < 4.78 is 26.4. The van der Waals surface area contributed by atoms with Crippen molar-refractivity contribution < 1.29 is 18.4 Å². The van der Waals surface area contributed by atoms with E-state index < -0.39 is 18.4 Å². The van der Waals surface area contributed by atoms with Crippen LogP contribution in [0.5, 0.6) is 0 Å². The molecule has 154 valence electrons. The molecule has 2 N–H and O–H groups in total. The first kappa shape index (κ1) is 21.2. The number of carbonyl (C=O) groups excluding carboxylic acids is 2. The van der Waals surface area contributed by atoms with Crippen LogP contribution in [0.3, 0.4) is 0 Å². The minimum absolute atomic E-state index is 0.138. The second-order valence-corrected chi connectivity index (χ2v) is 6.89. The molecule has 1 atom stereocenters. The molecule has 0 aliphatic rings. The summed E-state index contributed by atoms with van der Waals surface area (Å²) in [5.74, 6) is -0.859. The summed E-state index contributed by atoms with van der Waals surface area (Å²) in [4.78, 5) is 25.6. The van der Waals surface area contributed by atoms with Crippen LogP contribution in [0.25, 0.3) is 0 Å². The lowest BCUT2D eigenvalue weighted by Crippen LogP contribution is -2.45. The fraction of sp³-hybridized carbons (Fsp3) is 0.167. The topological polar surface area (TPSA) is 58.2 Å². The fourth-order valence-electron chi connectivity index (χ4n) is 3.14. The number of rotatable bonds is 7. The average molecular weight is 408 g/mol. The summed E-state index contributed by atoms with van der Waals surface area (Å²) in [6, 6.07) is 21.3. The minimum atomic E-state index is -2.64. The van der Waals surface area contributed by atoms with Crippen LogP contribution in [0.1, 0.15) is 33.5 Å². The summed E-state index contributed by atoms with van der Waals surface area (Å²) in [5.41, 5.74) is 1.75. The highest BCUT2D eigenvalue weighted by molar-refractivity contribution is 6.01. The second kappa shape index (κ2) is 9.78. The molecule has 0 spiro atoms. The van der Waals surface area contributed by atoms with Gasteiger partial charge in [-0.25, -0.2) is 8.78 Å². The molecule has 0 saturated heterocycles. The molecule has 3 rings (SSSR count). The molecule has 0 bridgehead atoms. The Labute approximate surface area is 173 Å². The third-order valence-corrected chi connectivity index (χ3v) is 4.81. The number of amides is 2. The van der Waals surface area contributed by atoms with Gasteiger partial charge >= 0.3 is 0 Å². The summed E-state index contributed by atoms with van der Waals surface area (Å²) in [6.07, 6.45) is -2.38. The van der Waals surface area contributed by atoms with Gasteiger partial charge in [0.15, 0.2) is 0 Å². The van der Waals surface area contributed by atoms with Gasteiger partial charge in [-0.05, 0) is 36.2 Å². The second-order valence-electron chi connectivity index (χ2n) is 6.89. The van der Waals surface area contributed by atoms with Gasteiger partial charge < -0.3 is 10.6 Å². The van der Waals surface area contributed by atoms with Crippen molar-refractivity contribution in [2.45, 2.75) is 25.8 Å². The van der Waals surface area contributed by atoms with Crippen LogP contribution in [-0.4, -0.2) is 17.9 Å². The van der Waals surface area contributed by atoms with Crippen LogP contribution in [0.2, 0.25) is 0 Å². The highest BCUT2D eigenvalue weighted by Gasteiger charge is 2.23. The molecule has 0 aliphatic heterocycles. The molecule has 1 unspecified atom stereocenters. The Morgan fingerprint density at radius 1 is 0.867 bits per heavy atom. The van der Waals surface area contributed by atoms with Gasteiger partial charge in [-0.1, -0.05) is 60.7 Å². The van der Waals surface area contributed by atoms with E-state index in [0.717, 1.165) is 5.56 Å². The number of halogens is 2. The van der Waals surface area contributed by atoms with E-state index in [9.17, 15) is 18.4 Å². The third-order valence-electron chi connectivity index (χ3n) is 4.81. The lowest BCUT2D eigenvalue weighted by atomic mass is 10.0. The van der Waals surface area contributed by atoms with Crippen molar-refractivity contribution in [2.75, 3.05) is 5.32 Å². The van der Waals surface area contributed by atoms with E-state index in [-0.39, 0.29) is 17.9 Å². The molecule has 0 radical (unpaired) electrons. The molecule has 3 aromatic carbocycles. The van der Waals surface area contributed by atoms with Gasteiger partial charge in [0.2, 0.25) is 5.91 Å². The van der Waals surface area contributed by atoms with Crippen molar-refractivity contribution in [1.29, 1.82) is 0 Å². The standard InChI is InChI=1S/C24H22F2N2O2/c1-16-19(22(25)26)13-8-14-20(16)27-24(30)21(15-17-9-4-2-5-10-17)28-23(29)18-11-6-3-7-12-18/h2-14,21-22H,15H2,1H3,(H,27,30)(H,28,29). The number of hydrogen-bond donors (Lipinski definition) is 2. The molecule has 30 heavy (non-hydrogen) atoms. The van der Waals surface area contributed by atoms with Gasteiger partial charge in [0.1, 0.15) is 6.04 Å². The number of alkyl halides is 2. The Morgan fingerprint density at radius 3 is 2.13 bits per heavy atom. The van der Waals surface area contributed by atoms with Gasteiger partial charge in [-0.2, -0.15) is 0 Å². The first-order valence-electron chi connectivity index (χ1n) is 9.54. The Bertz CT molecular complexity index is 1010. The Kier molecular flexibility index (Phi) is 6.91. The molecule has 3 aromatic rings. The molecule has 0 saturated carbocycles. The van der Waals surface area contributed by atoms with Crippen LogP contribution < -0.4 is 10.6 Å². The maximum Gasteiger partial charge on any atom is 0.264 e. The molecule has 0 aliphatic carbocycles. The quantitative estimate of drug-likeness (QED) is 0.583. The molecule has 0 heterocycles. The van der Waals surface area contributed by atoms with Crippen LogP contribution in [0.15, 0.2) is 78.9 Å². The van der Waals surface area contributed by atoms with Crippen molar-refractivity contribution in [3.63, 3.8) is 0 Å². The molecular weight excluding hydrogens is 386 g/mol. The van der Waals surface area contributed by atoms with Crippen LogP contribution in [-0.2, 0) is 11.2 Å². The van der Waals surface area contributed by atoms with Crippen LogP contribution >= 0.6 is 0 Å². The predicted octanol–water partition coefficient (Wildman–Crippen LogP) is 4.91. The summed E-state index contributed by atoms with van der Waals surface area (Å²) in [6.45, 7) is 1.53. The van der Waals surface area contributed by atoms with E-state index >= 15 is 0 Å². The average Bonchev–Trinajstić information content (AvgIpc) is 2.75. The van der Waals surface area contributed by atoms with E-state index in [4.69, 9.17) is 0 Å². The monoisotopic (exact) mass is 408 g/mol. The molecule has 2 amide bonds. The zero-order valence-corrected chi connectivity index (χ0v) is 16.4. The van der Waals surface area contributed by atoms with E-state index in [0.29, 0.717) is 16.8 Å². The zero-order valence-electron chi connectivity index (χ0n) is 16.4. The van der Waals surface area contributed by atoms with Crippen LogP contribution in [0.4, 0.5) is 14.5 Å². The first-order chi connectivity index (χ1) is 14.5. The van der Waals surface area contributed by atoms with Gasteiger partial charge in [0, 0.05) is 23.2 Å². The Morgan fingerprint density at radius 2 is 1.50 bits per heavy atom. The number of nitrogens with one attached hydrogen (secondary N) is 2. The molecule has 0 aromatic heterocycles. The summed E-state index contributed by atoms with van der Waals surface area (Å²) >= 11 is 0. The third kappa shape index (κ3) is 5.29. The van der Waals surface area contributed by atoms with Crippen molar-refractivity contribution in [3.8, 4) is 0 Å². The lowest BCUT2D eigenvalue weighted by molar-refractivity contribution is -0.118. The number of anilines is 1. The summed E-state index contributed by atoms with van der Waals surface area (Å²) in [5, 5.41) is 5.46. The largest absolute Gasteiger partial charge is 0.340 e. The Hall–Kier alpha value is -3.54. The van der Waals surface area contributed by atoms with Gasteiger partial charge in [-0.3, -0.25) is 9.59 Å². The first-order valence-corrected chi connectivity index (χ1v) is 9.54. The molecule has 4 nitrogen and oxygen atoms in total. The normalized spacial score (nSPS) is 11.7. The maximum absolute atomic E-state index is 13.2. The lowest BCUT2D eigenvalue weighted by Gasteiger charge is -2.20. The predicted molar refractivity (Wildman–Crippen MR) is 113 cm³/mol. The Balaban J connectivity index is 1.83. The summed E-state index contributed by atoms with van der Waals surface area (Å²) in [7, 11) is 0. The van der Waals surface area contributed by atoms with E-state index in [1.54, 1.807) is 36.4 Å². The van der Waals surface area contributed by atoms with Gasteiger partial charge in [0.25, 0.3) is 12.3 Å². The molecule has 6 heteroatoms. The minimum Gasteiger partial charge on any atom is -0.340 e. The van der Waals surface area contributed by atoms with Gasteiger partial charge in [0.05, 0.1) is 0 Å². The van der Waals surface area contributed by atoms with Crippen molar-refractivity contribution in [2.24, 2.45) is 0 Å².